The van der Waals surface area contributed by atoms with Crippen LogP contribution in [0.15, 0.2) is 24.3 Å². The molecule has 1 heterocycles. The number of hydrogen-bond donors (Lipinski definition) is 0. The molecule has 3 rings (SSSR count). The molecule has 1 saturated carbocycles. The molecule has 7 nitrogen and oxygen atoms in total. The van der Waals surface area contributed by atoms with Gasteiger partial charge >= 0.3 is 0 Å². The van der Waals surface area contributed by atoms with Crippen LogP contribution >= 0.6 is 0 Å². The summed E-state index contributed by atoms with van der Waals surface area (Å²) >= 11 is 0. The van der Waals surface area contributed by atoms with Gasteiger partial charge < -0.3 is 14.5 Å². The summed E-state index contributed by atoms with van der Waals surface area (Å²) in [4.78, 5) is 29.5. The minimum absolute atomic E-state index is 0.109. The van der Waals surface area contributed by atoms with Gasteiger partial charge in [0.05, 0.1) is 11.6 Å². The summed E-state index contributed by atoms with van der Waals surface area (Å²) in [6.07, 6.45) is 2.49. The number of rotatable bonds is 3. The largest absolute Gasteiger partial charge is 0.472 e. The van der Waals surface area contributed by atoms with Gasteiger partial charge in [0.25, 0.3) is 11.0 Å². The number of fused-ring (bicyclic) bond motifs is 1. The number of amides is 1. The molecule has 0 spiro atoms. The van der Waals surface area contributed by atoms with E-state index in [4.69, 9.17) is 9.57 Å². The predicted octanol–water partition coefficient (Wildman–Crippen LogP) is 2.00. The third kappa shape index (κ3) is 2.63. The SMILES string of the molecule is O=C1c2ccccc2OCN1[C@@H]1CCCC[C@@H]1O[N+](=O)[O-]. The highest BCUT2D eigenvalue weighted by Crippen LogP contribution is 2.31. The first-order valence-electron chi connectivity index (χ1n) is 7.01. The van der Waals surface area contributed by atoms with E-state index < -0.39 is 11.2 Å². The molecule has 0 radical (unpaired) electrons. The molecule has 1 aliphatic heterocycles. The fourth-order valence-electron chi connectivity index (χ4n) is 3.04. The van der Waals surface area contributed by atoms with E-state index in [0.717, 1.165) is 12.8 Å². The Balaban J connectivity index is 1.82. The normalized spacial score (nSPS) is 25.0. The molecule has 2 aliphatic rings. The highest BCUT2D eigenvalue weighted by molar-refractivity contribution is 5.97. The number of para-hydroxylation sites is 1. The Hall–Kier alpha value is -2.31. The number of benzene rings is 1. The first kappa shape index (κ1) is 13.7. The van der Waals surface area contributed by atoms with E-state index in [1.807, 2.05) is 0 Å². The van der Waals surface area contributed by atoms with Gasteiger partial charge in [0.1, 0.15) is 11.9 Å². The van der Waals surface area contributed by atoms with Crippen molar-refractivity contribution in [3.8, 4) is 5.75 Å². The molecule has 112 valence electrons. The molecule has 0 saturated heterocycles. The number of carbonyl (C=O) groups excluding carboxylic acids is 1. The lowest BCUT2D eigenvalue weighted by molar-refractivity contribution is -0.770. The highest BCUT2D eigenvalue weighted by atomic mass is 17.0. The number of carbonyl (C=O) groups is 1. The Bertz CT molecular complexity index is 562. The van der Waals surface area contributed by atoms with Crippen molar-refractivity contribution in [2.24, 2.45) is 0 Å². The smallest absolute Gasteiger partial charge is 0.294 e. The molecule has 0 bridgehead atoms. The van der Waals surface area contributed by atoms with Crippen LogP contribution in [0.4, 0.5) is 0 Å². The molecule has 7 heteroatoms. The Morgan fingerprint density at radius 3 is 2.86 bits per heavy atom. The molecular formula is C14H16N2O5. The summed E-state index contributed by atoms with van der Waals surface area (Å²) in [5, 5.41) is 9.85. The van der Waals surface area contributed by atoms with Crippen molar-refractivity contribution in [1.82, 2.24) is 4.90 Å². The van der Waals surface area contributed by atoms with E-state index in [9.17, 15) is 14.9 Å². The summed E-state index contributed by atoms with van der Waals surface area (Å²) < 4.78 is 5.59. The Labute approximate surface area is 121 Å². The summed E-state index contributed by atoms with van der Waals surface area (Å²) in [6.45, 7) is 0.109. The van der Waals surface area contributed by atoms with Crippen molar-refractivity contribution < 1.29 is 19.5 Å². The summed E-state index contributed by atoms with van der Waals surface area (Å²) in [5.74, 6) is 0.405. The molecule has 0 unspecified atom stereocenters. The predicted molar refractivity (Wildman–Crippen MR) is 72.2 cm³/mol. The third-order valence-electron chi connectivity index (χ3n) is 4.03. The zero-order valence-corrected chi connectivity index (χ0v) is 11.4. The van der Waals surface area contributed by atoms with Crippen molar-refractivity contribution in [3.05, 3.63) is 39.9 Å². The van der Waals surface area contributed by atoms with Crippen LogP contribution in [0.1, 0.15) is 36.0 Å². The maximum absolute atomic E-state index is 12.6. The number of nitrogens with zero attached hydrogens (tertiary/aromatic N) is 2. The summed E-state index contributed by atoms with van der Waals surface area (Å²) in [6, 6.07) is 6.72. The molecule has 1 aromatic rings. The molecular weight excluding hydrogens is 276 g/mol. The van der Waals surface area contributed by atoms with Crippen LogP contribution in [0.25, 0.3) is 0 Å². The topological polar surface area (TPSA) is 81.9 Å². The lowest BCUT2D eigenvalue weighted by Crippen LogP contribution is -2.52. The Morgan fingerprint density at radius 1 is 1.29 bits per heavy atom. The van der Waals surface area contributed by atoms with Crippen LogP contribution in [0.5, 0.6) is 5.75 Å². The lowest BCUT2D eigenvalue weighted by atomic mass is 9.91. The van der Waals surface area contributed by atoms with E-state index in [-0.39, 0.29) is 18.7 Å². The first-order valence-corrected chi connectivity index (χ1v) is 7.01. The molecule has 1 amide bonds. The van der Waals surface area contributed by atoms with E-state index in [1.165, 1.54) is 0 Å². The Kier molecular flexibility index (Phi) is 3.64. The standard InChI is InChI=1S/C14H16N2O5/c17-14-10-5-1-3-7-12(10)20-9-15(14)11-6-2-4-8-13(11)21-16(18)19/h1,3,5,7,11,13H,2,4,6,8-9H2/t11-,13+/m1/s1. The average molecular weight is 292 g/mol. The van der Waals surface area contributed by atoms with E-state index in [0.29, 0.717) is 24.2 Å². The molecule has 1 aromatic carbocycles. The monoisotopic (exact) mass is 292 g/mol. The Morgan fingerprint density at radius 2 is 2.05 bits per heavy atom. The molecule has 21 heavy (non-hydrogen) atoms. The van der Waals surface area contributed by atoms with E-state index in [2.05, 4.69) is 0 Å². The van der Waals surface area contributed by atoms with Crippen molar-refractivity contribution >= 4 is 5.91 Å². The average Bonchev–Trinajstić information content (AvgIpc) is 2.48. The fourth-order valence-corrected chi connectivity index (χ4v) is 3.04. The summed E-state index contributed by atoms with van der Waals surface area (Å²) in [7, 11) is 0. The van der Waals surface area contributed by atoms with Crippen LogP contribution in [0.3, 0.4) is 0 Å². The molecule has 0 N–H and O–H groups in total. The number of hydrogen-bond acceptors (Lipinski definition) is 5. The second-order valence-electron chi connectivity index (χ2n) is 5.26. The van der Waals surface area contributed by atoms with Crippen molar-refractivity contribution in [2.75, 3.05) is 6.73 Å². The lowest BCUT2D eigenvalue weighted by Gasteiger charge is -2.40. The van der Waals surface area contributed by atoms with Crippen LogP contribution in [-0.4, -0.2) is 34.8 Å². The molecule has 1 fully saturated rings. The quantitative estimate of drug-likeness (QED) is 0.628. The van der Waals surface area contributed by atoms with Gasteiger partial charge in [-0.2, -0.15) is 0 Å². The van der Waals surface area contributed by atoms with Gasteiger partial charge in [0, 0.05) is 0 Å². The van der Waals surface area contributed by atoms with Crippen molar-refractivity contribution in [3.63, 3.8) is 0 Å². The minimum atomic E-state index is -0.772. The van der Waals surface area contributed by atoms with Gasteiger partial charge in [-0.3, -0.25) is 4.79 Å². The fraction of sp³-hybridized carbons (Fsp3) is 0.500. The second kappa shape index (κ2) is 5.59. The van der Waals surface area contributed by atoms with Gasteiger partial charge in [-0.25, -0.2) is 0 Å². The molecule has 0 aromatic heterocycles. The minimum Gasteiger partial charge on any atom is -0.472 e. The van der Waals surface area contributed by atoms with Gasteiger partial charge in [-0.15, -0.1) is 10.1 Å². The maximum atomic E-state index is 12.6. The van der Waals surface area contributed by atoms with Gasteiger partial charge in [-0.1, -0.05) is 25.0 Å². The van der Waals surface area contributed by atoms with Crippen molar-refractivity contribution in [2.45, 2.75) is 37.8 Å². The van der Waals surface area contributed by atoms with Gasteiger partial charge in [0.2, 0.25) is 0 Å². The van der Waals surface area contributed by atoms with Gasteiger partial charge in [-0.05, 0) is 25.0 Å². The maximum Gasteiger partial charge on any atom is 0.294 e. The zero-order chi connectivity index (χ0) is 14.8. The van der Waals surface area contributed by atoms with Crippen LogP contribution in [0.2, 0.25) is 0 Å². The second-order valence-corrected chi connectivity index (χ2v) is 5.26. The van der Waals surface area contributed by atoms with Crippen LogP contribution in [-0.2, 0) is 4.84 Å². The zero-order valence-electron chi connectivity index (χ0n) is 11.4. The molecule has 1 aliphatic carbocycles. The highest BCUT2D eigenvalue weighted by Gasteiger charge is 2.38. The van der Waals surface area contributed by atoms with E-state index >= 15 is 0 Å². The summed E-state index contributed by atoms with van der Waals surface area (Å²) in [5.41, 5.74) is 0.495. The van der Waals surface area contributed by atoms with Crippen LogP contribution in [0, 0.1) is 10.1 Å². The first-order chi connectivity index (χ1) is 10.2. The van der Waals surface area contributed by atoms with Crippen molar-refractivity contribution in [1.29, 1.82) is 0 Å². The van der Waals surface area contributed by atoms with Gasteiger partial charge in [0.15, 0.2) is 6.73 Å². The third-order valence-corrected chi connectivity index (χ3v) is 4.03. The number of ether oxygens (including phenoxy) is 1. The van der Waals surface area contributed by atoms with E-state index in [1.54, 1.807) is 29.2 Å². The van der Waals surface area contributed by atoms with Crippen LogP contribution < -0.4 is 4.74 Å². The molecule has 2 atom stereocenters.